The van der Waals surface area contributed by atoms with Crippen molar-refractivity contribution in [2.45, 2.75) is 0 Å². The van der Waals surface area contributed by atoms with Gasteiger partial charge >= 0.3 is 6.09 Å². The highest BCUT2D eigenvalue weighted by Gasteiger charge is 1.95. The first-order chi connectivity index (χ1) is 6.18. The normalized spacial score (nSPS) is 9.31. The number of nitrogens with one attached hydrogen (secondary N) is 2. The molecule has 70 valence electrons. The number of carboxylic acid groups (broad SMARTS) is 1. The fourth-order valence-electron chi connectivity index (χ4n) is 0.646. The maximum absolute atomic E-state index is 12.4. The molecular weight excluding hydrogens is 195 g/mol. The Morgan fingerprint density at radius 3 is 2.54 bits per heavy atom. The second-order valence-electron chi connectivity index (χ2n) is 2.12. The molecular formula is C7H7FN2O2S. The van der Waals surface area contributed by atoms with Crippen molar-refractivity contribution in [3.8, 4) is 0 Å². The average molecular weight is 202 g/mol. The monoisotopic (exact) mass is 202 g/mol. The summed E-state index contributed by atoms with van der Waals surface area (Å²) in [6.07, 6.45) is -1.14. The molecule has 0 aliphatic rings. The third kappa shape index (κ3) is 3.66. The fraction of sp³-hybridized carbons (Fsp3) is 0. The van der Waals surface area contributed by atoms with Gasteiger partial charge in [0.1, 0.15) is 5.82 Å². The Labute approximate surface area is 78.4 Å². The molecule has 3 N–H and O–H groups in total. The van der Waals surface area contributed by atoms with Crippen molar-refractivity contribution in [2.24, 2.45) is 0 Å². The quantitative estimate of drug-likeness (QED) is 0.656. The summed E-state index contributed by atoms with van der Waals surface area (Å²) in [5.74, 6) is -0.332. The molecule has 0 heterocycles. The Morgan fingerprint density at radius 1 is 1.38 bits per heavy atom. The van der Waals surface area contributed by atoms with E-state index in [0.29, 0.717) is 5.69 Å². The molecule has 6 heteroatoms. The van der Waals surface area contributed by atoms with Gasteiger partial charge in [-0.05, 0) is 24.3 Å². The third-order valence-electron chi connectivity index (χ3n) is 1.15. The van der Waals surface area contributed by atoms with Crippen molar-refractivity contribution >= 4 is 23.9 Å². The van der Waals surface area contributed by atoms with E-state index in [1.807, 2.05) is 4.72 Å². The van der Waals surface area contributed by atoms with Crippen LogP contribution in [0.4, 0.5) is 14.9 Å². The zero-order chi connectivity index (χ0) is 9.68. The number of carbonyl (C=O) groups is 1. The fourth-order valence-corrected chi connectivity index (χ4v) is 1.04. The molecule has 1 rings (SSSR count). The van der Waals surface area contributed by atoms with Crippen molar-refractivity contribution in [1.82, 2.24) is 4.72 Å². The van der Waals surface area contributed by atoms with Crippen molar-refractivity contribution in [3.63, 3.8) is 0 Å². The van der Waals surface area contributed by atoms with Gasteiger partial charge in [-0.25, -0.2) is 13.9 Å². The van der Waals surface area contributed by atoms with E-state index < -0.39 is 6.09 Å². The minimum atomic E-state index is -1.14. The van der Waals surface area contributed by atoms with Gasteiger partial charge in [0.25, 0.3) is 0 Å². The second-order valence-corrected chi connectivity index (χ2v) is 2.73. The third-order valence-corrected chi connectivity index (χ3v) is 1.77. The minimum Gasteiger partial charge on any atom is -0.464 e. The Balaban J connectivity index is 2.37. The minimum absolute atomic E-state index is 0.332. The standard InChI is InChI=1S/C7H7FN2O2S/c8-5-1-3-6(4-2-5)9-13-10-7(11)12/h1-4,9-10H,(H,11,12). The van der Waals surface area contributed by atoms with Gasteiger partial charge in [-0.2, -0.15) is 0 Å². The van der Waals surface area contributed by atoms with E-state index in [1.165, 1.54) is 24.3 Å². The van der Waals surface area contributed by atoms with Crippen LogP contribution in [-0.4, -0.2) is 11.2 Å². The van der Waals surface area contributed by atoms with Crippen LogP contribution in [0.1, 0.15) is 0 Å². The highest BCUT2D eigenvalue weighted by Crippen LogP contribution is 2.11. The molecule has 0 saturated carbocycles. The van der Waals surface area contributed by atoms with E-state index >= 15 is 0 Å². The number of anilines is 1. The van der Waals surface area contributed by atoms with E-state index in [4.69, 9.17) is 5.11 Å². The van der Waals surface area contributed by atoms with Gasteiger partial charge in [0.15, 0.2) is 0 Å². The zero-order valence-electron chi connectivity index (χ0n) is 6.45. The Kier molecular flexibility index (Phi) is 3.39. The van der Waals surface area contributed by atoms with E-state index in [-0.39, 0.29) is 5.82 Å². The molecule has 1 amide bonds. The maximum atomic E-state index is 12.4. The van der Waals surface area contributed by atoms with Crippen molar-refractivity contribution in [2.75, 3.05) is 4.72 Å². The van der Waals surface area contributed by atoms with Gasteiger partial charge in [0, 0.05) is 5.69 Å². The Hall–Kier alpha value is -1.43. The van der Waals surface area contributed by atoms with Crippen LogP contribution in [0.5, 0.6) is 0 Å². The number of hydrogen-bond donors (Lipinski definition) is 3. The predicted octanol–water partition coefficient (Wildman–Crippen LogP) is 2.07. The van der Waals surface area contributed by atoms with Crippen LogP contribution in [0, 0.1) is 5.82 Å². The highest BCUT2D eigenvalue weighted by molar-refractivity contribution is 7.99. The Morgan fingerprint density at radius 2 is 2.00 bits per heavy atom. The molecule has 1 aromatic rings. The van der Waals surface area contributed by atoms with Crippen LogP contribution < -0.4 is 9.44 Å². The molecule has 0 saturated heterocycles. The number of halogens is 1. The van der Waals surface area contributed by atoms with Crippen molar-refractivity contribution in [3.05, 3.63) is 30.1 Å². The van der Waals surface area contributed by atoms with Gasteiger partial charge < -0.3 is 9.83 Å². The summed E-state index contributed by atoms with van der Waals surface area (Å²) in [7, 11) is 0. The Bertz CT molecular complexity index is 291. The summed E-state index contributed by atoms with van der Waals surface area (Å²) in [4.78, 5) is 10.0. The topological polar surface area (TPSA) is 61.4 Å². The molecule has 0 aliphatic heterocycles. The number of hydrogen-bond acceptors (Lipinski definition) is 3. The lowest BCUT2D eigenvalue weighted by Crippen LogP contribution is -2.13. The lowest BCUT2D eigenvalue weighted by Gasteiger charge is -2.02. The molecule has 0 fully saturated rings. The van der Waals surface area contributed by atoms with Gasteiger partial charge in [0.05, 0.1) is 12.1 Å². The molecule has 0 atom stereocenters. The summed E-state index contributed by atoms with van der Waals surface area (Å²) in [5, 5.41) is 8.20. The van der Waals surface area contributed by atoms with Gasteiger partial charge in [-0.1, -0.05) is 0 Å². The van der Waals surface area contributed by atoms with Crippen LogP contribution in [-0.2, 0) is 0 Å². The molecule has 0 bridgehead atoms. The zero-order valence-corrected chi connectivity index (χ0v) is 7.27. The maximum Gasteiger partial charge on any atom is 0.416 e. The molecule has 1 aromatic carbocycles. The number of benzene rings is 1. The average Bonchev–Trinajstić information content (AvgIpc) is 2.08. The molecule has 0 aromatic heterocycles. The molecule has 0 spiro atoms. The van der Waals surface area contributed by atoms with Crippen LogP contribution in [0.3, 0.4) is 0 Å². The van der Waals surface area contributed by atoms with Gasteiger partial charge in [-0.15, -0.1) is 0 Å². The summed E-state index contributed by atoms with van der Waals surface area (Å²) in [6, 6.07) is 5.57. The molecule has 0 unspecified atom stereocenters. The molecule has 4 nitrogen and oxygen atoms in total. The summed E-state index contributed by atoms with van der Waals surface area (Å²) >= 11 is 0.798. The van der Waals surface area contributed by atoms with Gasteiger partial charge in [0.2, 0.25) is 0 Å². The smallest absolute Gasteiger partial charge is 0.416 e. The van der Waals surface area contributed by atoms with Crippen molar-refractivity contribution in [1.29, 1.82) is 0 Å². The molecule has 0 aliphatic carbocycles. The van der Waals surface area contributed by atoms with Gasteiger partial charge in [-0.3, -0.25) is 0 Å². The van der Waals surface area contributed by atoms with Crippen molar-refractivity contribution < 1.29 is 14.3 Å². The van der Waals surface area contributed by atoms with E-state index in [1.54, 1.807) is 0 Å². The predicted molar refractivity (Wildman–Crippen MR) is 48.8 cm³/mol. The van der Waals surface area contributed by atoms with E-state index in [9.17, 15) is 9.18 Å². The van der Waals surface area contributed by atoms with Crippen LogP contribution in [0.2, 0.25) is 0 Å². The number of amides is 1. The highest BCUT2D eigenvalue weighted by atomic mass is 32.2. The first kappa shape index (κ1) is 9.66. The van der Waals surface area contributed by atoms with Crippen LogP contribution in [0.15, 0.2) is 24.3 Å². The summed E-state index contributed by atoms with van der Waals surface area (Å²) < 4.78 is 17.1. The first-order valence-corrected chi connectivity index (χ1v) is 4.16. The lowest BCUT2D eigenvalue weighted by atomic mass is 10.3. The summed E-state index contributed by atoms with van der Waals surface area (Å²) in [5.41, 5.74) is 0.625. The van der Waals surface area contributed by atoms with E-state index in [0.717, 1.165) is 12.1 Å². The first-order valence-electron chi connectivity index (χ1n) is 3.35. The summed E-state index contributed by atoms with van der Waals surface area (Å²) in [6.45, 7) is 0. The van der Waals surface area contributed by atoms with Crippen LogP contribution >= 0.6 is 12.1 Å². The largest absolute Gasteiger partial charge is 0.464 e. The molecule has 0 radical (unpaired) electrons. The molecule has 13 heavy (non-hydrogen) atoms. The SMILES string of the molecule is O=C(O)NSNc1ccc(F)cc1. The lowest BCUT2D eigenvalue weighted by molar-refractivity contribution is 0.202. The number of rotatable bonds is 3. The second kappa shape index (κ2) is 4.56. The van der Waals surface area contributed by atoms with Crippen LogP contribution in [0.25, 0.3) is 0 Å². The van der Waals surface area contributed by atoms with E-state index in [2.05, 4.69) is 4.72 Å².